The zero-order valence-corrected chi connectivity index (χ0v) is 11.6. The number of aryl methyl sites for hydroxylation is 1. The molecule has 0 bridgehead atoms. The third kappa shape index (κ3) is 2.32. The minimum atomic E-state index is 0.0939. The van der Waals surface area contributed by atoms with Crippen LogP contribution in [-0.2, 0) is 6.54 Å². The molecule has 0 fully saturated rings. The highest BCUT2D eigenvalue weighted by Gasteiger charge is 2.22. The third-order valence-corrected chi connectivity index (χ3v) is 3.73. The average molecular weight is 266 g/mol. The summed E-state index contributed by atoms with van der Waals surface area (Å²) in [5, 5.41) is 3.39. The van der Waals surface area contributed by atoms with Crippen LogP contribution in [0.3, 0.4) is 0 Å². The summed E-state index contributed by atoms with van der Waals surface area (Å²) in [5.41, 5.74) is 3.98. The number of carbonyl (C=O) groups is 1. The van der Waals surface area contributed by atoms with Crippen molar-refractivity contribution in [3.8, 4) is 0 Å². The Kier molecular flexibility index (Phi) is 3.52. The van der Waals surface area contributed by atoms with E-state index in [-0.39, 0.29) is 5.91 Å². The summed E-state index contributed by atoms with van der Waals surface area (Å²) in [7, 11) is 0. The lowest BCUT2D eigenvalue weighted by molar-refractivity contribution is 0.0984. The number of nitrogens with zero attached hydrogens (tertiary/aromatic N) is 1. The predicted octanol–water partition coefficient (Wildman–Crippen LogP) is 2.75. The maximum Gasteiger partial charge on any atom is 0.258 e. The van der Waals surface area contributed by atoms with Gasteiger partial charge < -0.3 is 10.2 Å². The highest BCUT2D eigenvalue weighted by Crippen LogP contribution is 2.23. The van der Waals surface area contributed by atoms with Gasteiger partial charge >= 0.3 is 0 Å². The maximum atomic E-state index is 12.8. The molecule has 3 rings (SSSR count). The quantitative estimate of drug-likeness (QED) is 0.860. The fraction of sp³-hybridized carbons (Fsp3) is 0.235. The Balaban J connectivity index is 2.05. The Morgan fingerprint density at radius 3 is 2.65 bits per heavy atom. The molecule has 0 atom stereocenters. The molecule has 3 nitrogen and oxygen atoms in total. The van der Waals surface area contributed by atoms with E-state index in [4.69, 9.17) is 0 Å². The fourth-order valence-electron chi connectivity index (χ4n) is 2.64. The molecule has 102 valence electrons. The van der Waals surface area contributed by atoms with Gasteiger partial charge in [0.2, 0.25) is 0 Å². The number of hydrogen-bond donors (Lipinski definition) is 1. The van der Waals surface area contributed by atoms with Gasteiger partial charge in [0.1, 0.15) is 0 Å². The molecule has 2 aromatic carbocycles. The van der Waals surface area contributed by atoms with Crippen molar-refractivity contribution in [2.45, 2.75) is 13.5 Å². The van der Waals surface area contributed by atoms with Gasteiger partial charge in [-0.05, 0) is 30.2 Å². The molecule has 0 aromatic heterocycles. The summed E-state index contributed by atoms with van der Waals surface area (Å²) in [4.78, 5) is 14.7. The van der Waals surface area contributed by atoms with E-state index >= 15 is 0 Å². The zero-order chi connectivity index (χ0) is 13.9. The molecule has 1 amide bonds. The molecule has 1 aliphatic heterocycles. The van der Waals surface area contributed by atoms with E-state index in [9.17, 15) is 4.79 Å². The molecule has 1 aliphatic rings. The van der Waals surface area contributed by atoms with Gasteiger partial charge in [-0.2, -0.15) is 0 Å². The van der Waals surface area contributed by atoms with E-state index in [2.05, 4.69) is 5.32 Å². The second-order valence-electron chi connectivity index (χ2n) is 5.08. The molecule has 0 spiro atoms. The van der Waals surface area contributed by atoms with Crippen molar-refractivity contribution < 1.29 is 4.79 Å². The van der Waals surface area contributed by atoms with E-state index in [0.717, 1.165) is 35.5 Å². The lowest BCUT2D eigenvalue weighted by Crippen LogP contribution is -2.40. The standard InChI is InChI=1S/C17H18N2O/c1-13-6-2-5-9-16(13)19-11-10-18-12-14-7-3-4-8-15(14)17(19)20/h2-9,18H,10-12H2,1H3. The molecule has 0 aliphatic carbocycles. The fourth-order valence-corrected chi connectivity index (χ4v) is 2.64. The number of amides is 1. The van der Waals surface area contributed by atoms with E-state index in [1.807, 2.05) is 60.4 Å². The van der Waals surface area contributed by atoms with Crippen molar-refractivity contribution in [1.29, 1.82) is 0 Å². The Bertz CT molecular complexity index is 636. The number of benzene rings is 2. The predicted molar refractivity (Wildman–Crippen MR) is 81.0 cm³/mol. The zero-order valence-electron chi connectivity index (χ0n) is 11.6. The summed E-state index contributed by atoms with van der Waals surface area (Å²) in [6, 6.07) is 15.9. The second kappa shape index (κ2) is 5.47. The molecule has 1 N–H and O–H groups in total. The van der Waals surface area contributed by atoms with Crippen LogP contribution in [0.25, 0.3) is 0 Å². The van der Waals surface area contributed by atoms with Crippen LogP contribution < -0.4 is 10.2 Å². The Morgan fingerprint density at radius 1 is 1.05 bits per heavy atom. The molecule has 0 radical (unpaired) electrons. The van der Waals surface area contributed by atoms with Gasteiger partial charge in [0.05, 0.1) is 0 Å². The Labute approximate surface area is 119 Å². The van der Waals surface area contributed by atoms with Crippen molar-refractivity contribution in [2.75, 3.05) is 18.0 Å². The number of nitrogens with one attached hydrogen (secondary N) is 1. The van der Waals surface area contributed by atoms with Crippen LogP contribution in [0.4, 0.5) is 5.69 Å². The van der Waals surface area contributed by atoms with Gasteiger partial charge in [0.15, 0.2) is 0 Å². The van der Waals surface area contributed by atoms with Gasteiger partial charge in [-0.15, -0.1) is 0 Å². The first-order chi connectivity index (χ1) is 9.77. The number of hydrogen-bond acceptors (Lipinski definition) is 2. The van der Waals surface area contributed by atoms with Crippen molar-refractivity contribution in [3.05, 3.63) is 65.2 Å². The third-order valence-electron chi connectivity index (χ3n) is 3.73. The first-order valence-electron chi connectivity index (χ1n) is 6.93. The Morgan fingerprint density at radius 2 is 1.80 bits per heavy atom. The molecular weight excluding hydrogens is 248 g/mol. The van der Waals surface area contributed by atoms with Crippen molar-refractivity contribution in [2.24, 2.45) is 0 Å². The van der Waals surface area contributed by atoms with Gasteiger partial charge in [0.25, 0.3) is 5.91 Å². The van der Waals surface area contributed by atoms with E-state index < -0.39 is 0 Å². The first-order valence-corrected chi connectivity index (χ1v) is 6.93. The van der Waals surface area contributed by atoms with Crippen molar-refractivity contribution in [3.63, 3.8) is 0 Å². The highest BCUT2D eigenvalue weighted by molar-refractivity contribution is 6.07. The van der Waals surface area contributed by atoms with Crippen LogP contribution in [0.2, 0.25) is 0 Å². The normalized spacial score (nSPS) is 15.4. The van der Waals surface area contributed by atoms with Crippen LogP contribution in [0.15, 0.2) is 48.5 Å². The molecule has 0 unspecified atom stereocenters. The molecule has 0 saturated carbocycles. The van der Waals surface area contributed by atoms with Crippen LogP contribution in [-0.4, -0.2) is 19.0 Å². The van der Waals surface area contributed by atoms with Gasteiger partial charge in [0, 0.05) is 30.9 Å². The SMILES string of the molecule is Cc1ccccc1N1CCNCc2ccccc2C1=O. The summed E-state index contributed by atoms with van der Waals surface area (Å²) in [6.07, 6.45) is 0. The lowest BCUT2D eigenvalue weighted by Gasteiger charge is -2.28. The molecule has 1 heterocycles. The minimum Gasteiger partial charge on any atom is -0.311 e. The summed E-state index contributed by atoms with van der Waals surface area (Å²) < 4.78 is 0. The smallest absolute Gasteiger partial charge is 0.258 e. The number of rotatable bonds is 1. The maximum absolute atomic E-state index is 12.8. The number of para-hydroxylation sites is 1. The number of anilines is 1. The molecule has 3 heteroatoms. The lowest BCUT2D eigenvalue weighted by atomic mass is 10.0. The largest absolute Gasteiger partial charge is 0.311 e. The molecule has 2 aromatic rings. The van der Waals surface area contributed by atoms with E-state index in [0.29, 0.717) is 6.54 Å². The van der Waals surface area contributed by atoms with Gasteiger partial charge in [-0.3, -0.25) is 4.79 Å². The summed E-state index contributed by atoms with van der Waals surface area (Å²) in [5.74, 6) is 0.0939. The Hall–Kier alpha value is -2.13. The molecule has 20 heavy (non-hydrogen) atoms. The first kappa shape index (κ1) is 12.9. The van der Waals surface area contributed by atoms with Gasteiger partial charge in [-0.1, -0.05) is 36.4 Å². The second-order valence-corrected chi connectivity index (χ2v) is 5.08. The number of fused-ring (bicyclic) bond motifs is 1. The van der Waals surface area contributed by atoms with Crippen LogP contribution in [0, 0.1) is 6.92 Å². The minimum absolute atomic E-state index is 0.0939. The highest BCUT2D eigenvalue weighted by atomic mass is 16.2. The monoisotopic (exact) mass is 266 g/mol. The summed E-state index contributed by atoms with van der Waals surface area (Å²) in [6.45, 7) is 4.29. The molecule has 0 saturated heterocycles. The van der Waals surface area contributed by atoms with Gasteiger partial charge in [-0.25, -0.2) is 0 Å². The van der Waals surface area contributed by atoms with Crippen molar-refractivity contribution in [1.82, 2.24) is 5.32 Å². The van der Waals surface area contributed by atoms with E-state index in [1.54, 1.807) is 0 Å². The average Bonchev–Trinajstić information content (AvgIpc) is 2.47. The molecular formula is C17H18N2O. The van der Waals surface area contributed by atoms with E-state index in [1.165, 1.54) is 0 Å². The topological polar surface area (TPSA) is 32.3 Å². The summed E-state index contributed by atoms with van der Waals surface area (Å²) >= 11 is 0. The van der Waals surface area contributed by atoms with Crippen LogP contribution in [0.5, 0.6) is 0 Å². The van der Waals surface area contributed by atoms with Crippen molar-refractivity contribution >= 4 is 11.6 Å². The van der Waals surface area contributed by atoms with Crippen LogP contribution >= 0.6 is 0 Å². The number of carbonyl (C=O) groups excluding carboxylic acids is 1. The van der Waals surface area contributed by atoms with Crippen LogP contribution in [0.1, 0.15) is 21.5 Å².